The van der Waals surface area contributed by atoms with Crippen molar-refractivity contribution in [2.24, 2.45) is 0 Å². The normalized spacial score (nSPS) is 9.84. The van der Waals surface area contributed by atoms with E-state index in [9.17, 15) is 0 Å². The van der Waals surface area contributed by atoms with E-state index >= 15 is 0 Å². The van der Waals surface area contributed by atoms with E-state index in [2.05, 4.69) is 108 Å². The molecule has 0 aliphatic rings. The Morgan fingerprint density at radius 1 is 0.342 bits per heavy atom. The van der Waals surface area contributed by atoms with Crippen LogP contribution in [0.25, 0.3) is 99.3 Å². The molecule has 0 amide bonds. The summed E-state index contributed by atoms with van der Waals surface area (Å²) < 4.78 is 5.61. The maximum atomic E-state index is 5.61. The molecule has 0 aliphatic carbocycles. The van der Waals surface area contributed by atoms with Gasteiger partial charge in [0.25, 0.3) is 0 Å². The van der Waals surface area contributed by atoms with E-state index in [1.54, 1.807) is 31.0 Å². The summed E-state index contributed by atoms with van der Waals surface area (Å²) in [7, 11) is 0. The standard InChI is InChI=1S/C15H10N.C13H8NO.C13H8N.C12H7N2.C10H7N2.5Ir/c1-2-6-12(7-3-1)15-10-13-8-4-5-9-14(13)11-16-15;1-2-6-10(7-3-1)13-14-11-8-4-5-9-12(11)15-13;1-2-6-12-10(4-1)7-8-11-5-3-9-14-13(11)12;1-3-9-5-6-11-10(4-2-7-13-11)12(9)14-8-1;1-2-6-12-10(3-1)9-4-7-11-8-5-9;;;;;/h1-6,8-11H;1-6,8-9H;1-5,7-9H;1-3,5-8H;1-4,6-8H;;;;;/q5*-1;;;;;. The molecule has 13 heteroatoms. The number of aromatic nitrogens is 7. The average molecular weight is 1870 g/mol. The van der Waals surface area contributed by atoms with Gasteiger partial charge in [0.2, 0.25) is 0 Å². The summed E-state index contributed by atoms with van der Waals surface area (Å²) in [6.45, 7) is 0. The smallest absolute Gasteiger partial charge is 0.141 e. The predicted molar refractivity (Wildman–Crippen MR) is 285 cm³/mol. The third kappa shape index (κ3) is 15.5. The Balaban J connectivity index is 0.000000173. The van der Waals surface area contributed by atoms with Crippen molar-refractivity contribution in [2.45, 2.75) is 0 Å². The van der Waals surface area contributed by atoms with Gasteiger partial charge in [-0.25, -0.2) is 0 Å². The molecule has 5 radical (unpaired) electrons. The van der Waals surface area contributed by atoms with Gasteiger partial charge in [-0.15, -0.1) is 119 Å². The van der Waals surface area contributed by atoms with Gasteiger partial charge < -0.3 is 29.3 Å². The second-order valence-electron chi connectivity index (χ2n) is 15.7. The molecule has 0 bridgehead atoms. The molecule has 0 saturated heterocycles. The molecule has 14 rings (SSSR count). The molecule has 7 heterocycles. The fourth-order valence-electron chi connectivity index (χ4n) is 7.65. The Labute approximate surface area is 508 Å². The van der Waals surface area contributed by atoms with Crippen molar-refractivity contribution in [2.75, 3.05) is 0 Å². The first-order valence-corrected chi connectivity index (χ1v) is 22.8. The number of nitrogens with zero attached hydrogens (tertiary/aromatic N) is 7. The van der Waals surface area contributed by atoms with Crippen LogP contribution in [0, 0.1) is 30.3 Å². The third-order valence-electron chi connectivity index (χ3n) is 11.1. The summed E-state index contributed by atoms with van der Waals surface area (Å²) >= 11 is 0. The van der Waals surface area contributed by atoms with Crippen LogP contribution < -0.4 is 0 Å². The number of oxazole rings is 1. The molecule has 383 valence electrons. The van der Waals surface area contributed by atoms with Gasteiger partial charge in [0.05, 0.1) is 5.52 Å². The molecule has 0 unspecified atom stereocenters. The van der Waals surface area contributed by atoms with Gasteiger partial charge in [-0.05, 0) is 92.2 Å². The van der Waals surface area contributed by atoms with E-state index in [4.69, 9.17) is 4.42 Å². The first-order valence-electron chi connectivity index (χ1n) is 22.8. The number of benzene rings is 7. The van der Waals surface area contributed by atoms with Crippen LogP contribution >= 0.6 is 0 Å². The molecule has 0 spiro atoms. The van der Waals surface area contributed by atoms with Crippen LogP contribution in [0.15, 0.2) is 248 Å². The van der Waals surface area contributed by atoms with E-state index in [1.807, 2.05) is 170 Å². The summed E-state index contributed by atoms with van der Waals surface area (Å²) in [5.74, 6) is 0.622. The van der Waals surface area contributed by atoms with E-state index in [-0.39, 0.29) is 101 Å². The van der Waals surface area contributed by atoms with Crippen molar-refractivity contribution in [3.8, 4) is 34.0 Å². The Hall–Kier alpha value is -6.54. The van der Waals surface area contributed by atoms with Gasteiger partial charge in [0.15, 0.2) is 0 Å². The van der Waals surface area contributed by atoms with Crippen LogP contribution in [-0.4, -0.2) is 34.9 Å². The van der Waals surface area contributed by atoms with Gasteiger partial charge in [-0.1, -0.05) is 108 Å². The first-order chi connectivity index (χ1) is 35.2. The molecule has 0 atom stereocenters. The maximum absolute atomic E-state index is 5.61. The molecule has 0 fully saturated rings. The largest absolute Gasteiger partial charge is 0.481 e. The van der Waals surface area contributed by atoms with Crippen molar-refractivity contribution in [3.63, 3.8) is 0 Å². The molecule has 8 nitrogen and oxygen atoms in total. The van der Waals surface area contributed by atoms with E-state index in [0.29, 0.717) is 5.89 Å². The van der Waals surface area contributed by atoms with Crippen molar-refractivity contribution in [1.82, 2.24) is 34.9 Å². The van der Waals surface area contributed by atoms with Crippen molar-refractivity contribution in [3.05, 3.63) is 274 Å². The molecule has 14 aromatic rings. The fourth-order valence-corrected chi connectivity index (χ4v) is 7.65. The van der Waals surface area contributed by atoms with E-state index in [1.165, 1.54) is 21.5 Å². The van der Waals surface area contributed by atoms with Crippen LogP contribution in [0.1, 0.15) is 0 Å². The van der Waals surface area contributed by atoms with Crippen LogP contribution in [0.3, 0.4) is 0 Å². The van der Waals surface area contributed by atoms with Crippen molar-refractivity contribution < 1.29 is 105 Å². The van der Waals surface area contributed by atoms with Crippen LogP contribution in [0.5, 0.6) is 0 Å². The minimum atomic E-state index is 0. The summed E-state index contributed by atoms with van der Waals surface area (Å²) in [5.41, 5.74) is 9.43. The first kappa shape index (κ1) is 60.3. The number of hydrogen-bond acceptors (Lipinski definition) is 8. The number of hydrogen-bond donors (Lipinski definition) is 0. The monoisotopic (exact) mass is 1880 g/mol. The molecule has 0 saturated carbocycles. The average Bonchev–Trinajstić information content (AvgIpc) is 3.92. The molecule has 0 N–H and O–H groups in total. The van der Waals surface area contributed by atoms with Gasteiger partial charge in [-0.2, -0.15) is 11.6 Å². The Kier molecular flexibility index (Phi) is 24.5. The van der Waals surface area contributed by atoms with E-state index in [0.717, 1.165) is 71.9 Å². The van der Waals surface area contributed by atoms with Crippen molar-refractivity contribution in [1.29, 1.82) is 0 Å². The Bertz CT molecular complexity index is 3680. The Morgan fingerprint density at radius 2 is 0.947 bits per heavy atom. The number of rotatable bonds is 3. The SMILES string of the molecule is [Ir].[Ir].[Ir].[Ir].[Ir].[c-]1cccc2ccc3cccnc3c12.[c-]1ccccc1-c1cc2ccccc2cn1.[c-]1ccccc1-c1nc2ccccc2o1.[c-]1ccnc2ccc3cccnc3c12.[c-]1cnccc1-c1ccccn1. The molecule has 7 aromatic heterocycles. The quantitative estimate of drug-likeness (QED) is 0.127. The summed E-state index contributed by atoms with van der Waals surface area (Å²) in [6, 6.07) is 81.1. The topological polar surface area (TPSA) is 103 Å². The van der Waals surface area contributed by atoms with E-state index < -0.39 is 0 Å². The molecular weight excluding hydrogens is 1830 g/mol. The van der Waals surface area contributed by atoms with Gasteiger partial charge in [-0.3, -0.25) is 9.97 Å². The zero-order valence-corrected chi connectivity index (χ0v) is 51.8. The van der Waals surface area contributed by atoms with Gasteiger partial charge in [0, 0.05) is 125 Å². The zero-order valence-electron chi connectivity index (χ0n) is 39.8. The van der Waals surface area contributed by atoms with Crippen LogP contribution in [0.2, 0.25) is 0 Å². The maximum Gasteiger partial charge on any atom is 0.141 e. The van der Waals surface area contributed by atoms with Crippen LogP contribution in [-0.2, 0) is 101 Å². The predicted octanol–water partition coefficient (Wildman–Crippen LogP) is 14.7. The molecule has 7 aromatic carbocycles. The van der Waals surface area contributed by atoms with Crippen molar-refractivity contribution >= 4 is 65.4 Å². The number of pyridine rings is 6. The number of fused-ring (bicyclic) bond motifs is 8. The summed E-state index contributed by atoms with van der Waals surface area (Å²) in [6.07, 6.45) is 12.4. The van der Waals surface area contributed by atoms with Gasteiger partial charge in [0.1, 0.15) is 11.5 Å². The molecular formula is C63H40Ir5N7O-5. The van der Waals surface area contributed by atoms with Gasteiger partial charge >= 0.3 is 0 Å². The summed E-state index contributed by atoms with van der Waals surface area (Å²) in [5, 5.41) is 7.97. The van der Waals surface area contributed by atoms with Crippen LogP contribution in [0.4, 0.5) is 0 Å². The summed E-state index contributed by atoms with van der Waals surface area (Å²) in [4.78, 5) is 29.9. The second-order valence-corrected chi connectivity index (χ2v) is 15.7. The minimum Gasteiger partial charge on any atom is -0.481 e. The third-order valence-corrected chi connectivity index (χ3v) is 11.1. The fraction of sp³-hybridized carbons (Fsp3) is 0. The second kappa shape index (κ2) is 30.9. The minimum absolute atomic E-state index is 0. The zero-order chi connectivity index (χ0) is 47.9. The molecule has 0 aliphatic heterocycles. The molecule has 76 heavy (non-hydrogen) atoms. The number of para-hydroxylation sites is 2. The Morgan fingerprint density at radius 3 is 1.66 bits per heavy atom.